The van der Waals surface area contributed by atoms with E-state index in [9.17, 15) is 4.39 Å². The summed E-state index contributed by atoms with van der Waals surface area (Å²) in [7, 11) is 0. The second-order valence-corrected chi connectivity index (χ2v) is 2.09. The number of hydrogen-bond acceptors (Lipinski definition) is 3. The van der Waals surface area contributed by atoms with Gasteiger partial charge in [0.1, 0.15) is 0 Å². The molecule has 1 heterocycles. The van der Waals surface area contributed by atoms with Crippen LogP contribution in [0, 0.1) is 12.9 Å². The summed E-state index contributed by atoms with van der Waals surface area (Å²) in [5.74, 6) is 4.43. The highest BCUT2D eigenvalue weighted by Crippen LogP contribution is 2.02. The van der Waals surface area contributed by atoms with E-state index in [0.717, 1.165) is 5.56 Å². The van der Waals surface area contributed by atoms with E-state index in [-0.39, 0.29) is 0 Å². The predicted molar refractivity (Wildman–Crippen MR) is 40.7 cm³/mol. The molecule has 2 N–H and O–H groups in total. The minimum absolute atomic E-state index is 0.489. The summed E-state index contributed by atoms with van der Waals surface area (Å²) >= 11 is 0. The molecule has 0 aromatic carbocycles. The Bertz CT molecular complexity index is 283. The summed E-state index contributed by atoms with van der Waals surface area (Å²) < 4.78 is 12.4. The van der Waals surface area contributed by atoms with Gasteiger partial charge in [-0.05, 0) is 19.1 Å². The fourth-order valence-corrected chi connectivity index (χ4v) is 0.758. The van der Waals surface area contributed by atoms with E-state index < -0.39 is 5.95 Å². The molecule has 0 saturated carbocycles. The van der Waals surface area contributed by atoms with Crippen molar-refractivity contribution in [1.82, 2.24) is 4.98 Å². The van der Waals surface area contributed by atoms with E-state index in [2.05, 4.69) is 10.1 Å². The third-order valence-corrected chi connectivity index (χ3v) is 1.31. The maximum atomic E-state index is 12.4. The first-order valence-corrected chi connectivity index (χ1v) is 3.10. The van der Waals surface area contributed by atoms with Gasteiger partial charge in [-0.1, -0.05) is 0 Å². The molecule has 0 unspecified atom stereocenters. The van der Waals surface area contributed by atoms with Gasteiger partial charge in [-0.2, -0.15) is 9.49 Å². The molecule has 0 amide bonds. The number of rotatable bonds is 1. The van der Waals surface area contributed by atoms with Gasteiger partial charge in [0.2, 0.25) is 5.95 Å². The van der Waals surface area contributed by atoms with Crippen molar-refractivity contribution >= 4 is 6.21 Å². The molecule has 0 atom stereocenters. The minimum atomic E-state index is -0.489. The van der Waals surface area contributed by atoms with Crippen molar-refractivity contribution in [2.45, 2.75) is 6.92 Å². The number of hydrazone groups is 1. The van der Waals surface area contributed by atoms with E-state index in [1.807, 2.05) is 0 Å². The van der Waals surface area contributed by atoms with Gasteiger partial charge >= 0.3 is 0 Å². The van der Waals surface area contributed by atoms with Gasteiger partial charge in [-0.25, -0.2) is 4.98 Å². The van der Waals surface area contributed by atoms with E-state index >= 15 is 0 Å². The lowest BCUT2D eigenvalue weighted by atomic mass is 10.2. The second-order valence-electron chi connectivity index (χ2n) is 2.09. The Labute approximate surface area is 63.8 Å². The Kier molecular flexibility index (Phi) is 2.15. The van der Waals surface area contributed by atoms with Crippen LogP contribution in [0.5, 0.6) is 0 Å². The Morgan fingerprint density at radius 3 is 2.91 bits per heavy atom. The van der Waals surface area contributed by atoms with Crippen molar-refractivity contribution in [2.24, 2.45) is 10.9 Å². The van der Waals surface area contributed by atoms with Crippen LogP contribution in [0.15, 0.2) is 17.2 Å². The summed E-state index contributed by atoms with van der Waals surface area (Å²) in [6, 6.07) is 2.85. The van der Waals surface area contributed by atoms with Crippen LogP contribution in [0.25, 0.3) is 0 Å². The third-order valence-electron chi connectivity index (χ3n) is 1.31. The van der Waals surface area contributed by atoms with Crippen molar-refractivity contribution in [3.05, 3.63) is 29.3 Å². The predicted octanol–water partition coefficient (Wildman–Crippen LogP) is 0.822. The number of aryl methyl sites for hydroxylation is 1. The first-order valence-electron chi connectivity index (χ1n) is 3.10. The Morgan fingerprint density at radius 1 is 1.64 bits per heavy atom. The molecule has 0 saturated heterocycles. The number of hydrogen-bond donors (Lipinski definition) is 1. The van der Waals surface area contributed by atoms with Crippen LogP contribution in [0.2, 0.25) is 0 Å². The van der Waals surface area contributed by atoms with Gasteiger partial charge < -0.3 is 5.84 Å². The average Bonchev–Trinajstić information content (AvgIpc) is 1.95. The van der Waals surface area contributed by atoms with Gasteiger partial charge in [0, 0.05) is 11.3 Å². The number of halogens is 1. The molecule has 58 valence electrons. The molecule has 0 fully saturated rings. The van der Waals surface area contributed by atoms with Crippen molar-refractivity contribution in [2.75, 3.05) is 0 Å². The lowest BCUT2D eigenvalue weighted by Gasteiger charge is -1.96. The molecule has 0 aliphatic heterocycles. The largest absolute Gasteiger partial charge is 0.323 e. The molecular formula is C7H8FN3. The molecule has 1 rings (SSSR count). The quantitative estimate of drug-likeness (QED) is 0.281. The second kappa shape index (κ2) is 3.09. The molecule has 3 nitrogen and oxygen atoms in total. The van der Waals surface area contributed by atoms with Gasteiger partial charge in [-0.3, -0.25) is 0 Å². The van der Waals surface area contributed by atoms with Crippen LogP contribution in [0.3, 0.4) is 0 Å². The summed E-state index contributed by atoms with van der Waals surface area (Å²) in [5.41, 5.74) is 1.31. The SMILES string of the molecule is Cc1nc(F)ccc1/C=N/N. The first kappa shape index (κ1) is 7.65. The van der Waals surface area contributed by atoms with Crippen molar-refractivity contribution < 1.29 is 4.39 Å². The van der Waals surface area contributed by atoms with Crippen molar-refractivity contribution in [1.29, 1.82) is 0 Å². The molecule has 0 bridgehead atoms. The highest BCUT2D eigenvalue weighted by molar-refractivity contribution is 5.80. The number of nitrogens with two attached hydrogens (primary N) is 1. The lowest BCUT2D eigenvalue weighted by molar-refractivity contribution is 0.580. The Hall–Kier alpha value is -1.45. The molecule has 0 spiro atoms. The summed E-state index contributed by atoms with van der Waals surface area (Å²) in [5, 5.41) is 3.31. The van der Waals surface area contributed by atoms with Crippen LogP contribution in [0.4, 0.5) is 4.39 Å². The van der Waals surface area contributed by atoms with Gasteiger partial charge in [0.15, 0.2) is 0 Å². The van der Waals surface area contributed by atoms with E-state index in [0.29, 0.717) is 5.69 Å². The maximum absolute atomic E-state index is 12.4. The zero-order valence-corrected chi connectivity index (χ0v) is 6.08. The smallest absolute Gasteiger partial charge is 0.213 e. The molecule has 0 radical (unpaired) electrons. The van der Waals surface area contributed by atoms with Gasteiger partial charge in [0.05, 0.1) is 6.21 Å². The van der Waals surface area contributed by atoms with E-state index in [1.54, 1.807) is 13.0 Å². The van der Waals surface area contributed by atoms with Crippen LogP contribution < -0.4 is 5.84 Å². The third kappa shape index (κ3) is 1.73. The van der Waals surface area contributed by atoms with Crippen LogP contribution in [-0.4, -0.2) is 11.2 Å². The molecular weight excluding hydrogens is 145 g/mol. The number of aromatic nitrogens is 1. The van der Waals surface area contributed by atoms with Gasteiger partial charge in [0.25, 0.3) is 0 Å². The van der Waals surface area contributed by atoms with Crippen molar-refractivity contribution in [3.63, 3.8) is 0 Å². The molecule has 1 aromatic rings. The zero-order chi connectivity index (χ0) is 8.27. The summed E-state index contributed by atoms with van der Waals surface area (Å²) in [6.45, 7) is 1.69. The summed E-state index contributed by atoms with van der Waals surface area (Å²) in [4.78, 5) is 3.58. The van der Waals surface area contributed by atoms with Crippen LogP contribution in [-0.2, 0) is 0 Å². The van der Waals surface area contributed by atoms with E-state index in [1.165, 1.54) is 12.3 Å². The molecule has 0 aliphatic carbocycles. The molecule has 4 heteroatoms. The number of pyridine rings is 1. The summed E-state index contributed by atoms with van der Waals surface area (Å²) in [6.07, 6.45) is 1.43. The first-order chi connectivity index (χ1) is 5.24. The fourth-order valence-electron chi connectivity index (χ4n) is 0.758. The standard InChI is InChI=1S/C7H8FN3/c1-5-6(4-10-9)2-3-7(8)11-5/h2-4H,9H2,1H3/b10-4+. The van der Waals surface area contributed by atoms with E-state index in [4.69, 9.17) is 5.84 Å². The normalized spacial score (nSPS) is 10.7. The lowest BCUT2D eigenvalue weighted by Crippen LogP contribution is -1.95. The van der Waals surface area contributed by atoms with Gasteiger partial charge in [-0.15, -0.1) is 0 Å². The van der Waals surface area contributed by atoms with Crippen LogP contribution in [0.1, 0.15) is 11.3 Å². The monoisotopic (exact) mass is 153 g/mol. The molecule has 11 heavy (non-hydrogen) atoms. The number of nitrogens with zero attached hydrogens (tertiary/aromatic N) is 2. The average molecular weight is 153 g/mol. The Morgan fingerprint density at radius 2 is 2.36 bits per heavy atom. The highest BCUT2D eigenvalue weighted by atomic mass is 19.1. The molecule has 0 aliphatic rings. The zero-order valence-electron chi connectivity index (χ0n) is 6.08. The van der Waals surface area contributed by atoms with Crippen molar-refractivity contribution in [3.8, 4) is 0 Å². The Balaban J connectivity index is 3.09. The van der Waals surface area contributed by atoms with Crippen LogP contribution >= 0.6 is 0 Å². The molecule has 1 aromatic heterocycles. The topological polar surface area (TPSA) is 51.3 Å². The fraction of sp³-hybridized carbons (Fsp3) is 0.143. The highest BCUT2D eigenvalue weighted by Gasteiger charge is 1.97. The minimum Gasteiger partial charge on any atom is -0.323 e. The maximum Gasteiger partial charge on any atom is 0.213 e.